The van der Waals surface area contributed by atoms with E-state index in [0.29, 0.717) is 28.8 Å². The average molecular weight is 478 g/mol. The summed E-state index contributed by atoms with van der Waals surface area (Å²) in [7, 11) is -2.26. The molecule has 1 amide bonds. The van der Waals surface area contributed by atoms with Gasteiger partial charge in [0.2, 0.25) is 15.7 Å². The quantitative estimate of drug-likeness (QED) is 0.533. The molecule has 2 aromatic carbocycles. The van der Waals surface area contributed by atoms with Crippen molar-refractivity contribution in [3.63, 3.8) is 0 Å². The van der Waals surface area contributed by atoms with Crippen LogP contribution in [0.25, 0.3) is 0 Å². The van der Waals surface area contributed by atoms with Crippen LogP contribution in [0.2, 0.25) is 5.02 Å². The van der Waals surface area contributed by atoms with Crippen LogP contribution in [0, 0.1) is 0 Å². The fourth-order valence-corrected chi connectivity index (χ4v) is 6.62. The lowest BCUT2D eigenvalue weighted by molar-refractivity contribution is -0.116. The van der Waals surface area contributed by atoms with E-state index >= 15 is 0 Å². The van der Waals surface area contributed by atoms with Gasteiger partial charge in [-0.15, -0.1) is 11.3 Å². The number of nitrogens with one attached hydrogen (secondary N) is 1. The lowest BCUT2D eigenvalue weighted by Gasteiger charge is -2.24. The monoisotopic (exact) mass is 477 g/mol. The van der Waals surface area contributed by atoms with Crippen LogP contribution in [0.1, 0.15) is 29.7 Å². The number of halogens is 1. The number of anilines is 1. The van der Waals surface area contributed by atoms with Gasteiger partial charge in [0.25, 0.3) is 0 Å². The third-order valence-corrected chi connectivity index (χ3v) is 8.35. The predicted octanol–water partition coefficient (Wildman–Crippen LogP) is 5.12. The normalized spacial score (nSPS) is 15.8. The first kappa shape index (κ1) is 21.7. The number of fused-ring (bicyclic) bond motifs is 1. The molecule has 0 radical (unpaired) electrons. The SMILES string of the molecule is CCOc1ccc(C2CC(=O)Nc3c(S(=O)(=O)c4ccc(Cl)cc4)csc32)cc1OC. The molecule has 0 saturated carbocycles. The molecule has 1 aliphatic heterocycles. The number of amides is 1. The minimum atomic E-state index is -3.82. The highest BCUT2D eigenvalue weighted by molar-refractivity contribution is 7.91. The van der Waals surface area contributed by atoms with Crippen LogP contribution in [0.3, 0.4) is 0 Å². The predicted molar refractivity (Wildman–Crippen MR) is 120 cm³/mol. The molecule has 6 nitrogen and oxygen atoms in total. The summed E-state index contributed by atoms with van der Waals surface area (Å²) < 4.78 is 37.5. The fraction of sp³-hybridized carbons (Fsp3) is 0.227. The summed E-state index contributed by atoms with van der Waals surface area (Å²) in [5.74, 6) is 0.660. The summed E-state index contributed by atoms with van der Waals surface area (Å²) in [6, 6.07) is 11.5. The van der Waals surface area contributed by atoms with Gasteiger partial charge in [0.1, 0.15) is 4.90 Å². The zero-order valence-electron chi connectivity index (χ0n) is 16.8. The molecule has 3 aromatic rings. The van der Waals surface area contributed by atoms with Crippen LogP contribution in [0.4, 0.5) is 5.69 Å². The van der Waals surface area contributed by atoms with Crippen LogP contribution >= 0.6 is 22.9 Å². The Morgan fingerprint density at radius 2 is 1.90 bits per heavy atom. The van der Waals surface area contributed by atoms with E-state index in [1.54, 1.807) is 12.5 Å². The van der Waals surface area contributed by atoms with E-state index in [1.165, 1.54) is 35.6 Å². The highest BCUT2D eigenvalue weighted by Crippen LogP contribution is 2.47. The van der Waals surface area contributed by atoms with Crippen molar-refractivity contribution < 1.29 is 22.7 Å². The van der Waals surface area contributed by atoms with Crippen molar-refractivity contribution >= 4 is 44.4 Å². The van der Waals surface area contributed by atoms with Crippen LogP contribution in [0.15, 0.2) is 57.6 Å². The Kier molecular flexibility index (Phi) is 5.96. The highest BCUT2D eigenvalue weighted by Gasteiger charge is 2.34. The molecular weight excluding hydrogens is 458 g/mol. The van der Waals surface area contributed by atoms with Crippen molar-refractivity contribution in [2.45, 2.75) is 29.1 Å². The number of methoxy groups -OCH3 is 1. The van der Waals surface area contributed by atoms with Gasteiger partial charge in [-0.05, 0) is 48.9 Å². The zero-order valence-corrected chi connectivity index (χ0v) is 19.2. The van der Waals surface area contributed by atoms with Gasteiger partial charge in [0.15, 0.2) is 11.5 Å². The number of carbonyl (C=O) groups is 1. The number of benzene rings is 2. The van der Waals surface area contributed by atoms with E-state index in [-0.39, 0.29) is 28.0 Å². The first-order chi connectivity index (χ1) is 14.8. The molecule has 0 saturated heterocycles. The molecule has 4 rings (SSSR count). The molecule has 0 spiro atoms. The van der Waals surface area contributed by atoms with Crippen LogP contribution in [0.5, 0.6) is 11.5 Å². The summed E-state index contributed by atoms with van der Waals surface area (Å²) in [5, 5.41) is 4.80. The summed E-state index contributed by atoms with van der Waals surface area (Å²) in [6.45, 7) is 2.39. The lowest BCUT2D eigenvalue weighted by atomic mass is 9.90. The van der Waals surface area contributed by atoms with Crippen molar-refractivity contribution in [3.05, 3.63) is 63.3 Å². The second-order valence-electron chi connectivity index (χ2n) is 6.94. The number of hydrogen-bond acceptors (Lipinski definition) is 6. The van der Waals surface area contributed by atoms with E-state index in [9.17, 15) is 13.2 Å². The number of rotatable bonds is 6. The molecule has 0 bridgehead atoms. The van der Waals surface area contributed by atoms with Gasteiger partial charge in [-0.25, -0.2) is 8.42 Å². The van der Waals surface area contributed by atoms with E-state index in [0.717, 1.165) is 10.4 Å². The molecule has 9 heteroatoms. The first-order valence-electron chi connectivity index (χ1n) is 9.57. The van der Waals surface area contributed by atoms with Crippen LogP contribution < -0.4 is 14.8 Å². The van der Waals surface area contributed by atoms with Gasteiger partial charge in [0, 0.05) is 27.6 Å². The number of hydrogen-bond donors (Lipinski definition) is 1. The van der Waals surface area contributed by atoms with Crippen molar-refractivity contribution in [3.8, 4) is 11.5 Å². The molecule has 2 heterocycles. The Balaban J connectivity index is 1.78. The van der Waals surface area contributed by atoms with E-state index in [2.05, 4.69) is 5.32 Å². The van der Waals surface area contributed by atoms with Gasteiger partial charge in [-0.2, -0.15) is 0 Å². The fourth-order valence-electron chi connectivity index (χ4n) is 3.59. The molecule has 1 unspecified atom stereocenters. The van der Waals surface area contributed by atoms with Crippen molar-refractivity contribution in [2.75, 3.05) is 19.0 Å². The Bertz CT molecular complexity index is 1240. The molecule has 31 heavy (non-hydrogen) atoms. The van der Waals surface area contributed by atoms with E-state index < -0.39 is 9.84 Å². The standard InChI is InChI=1S/C22H20ClNO5S2/c1-3-29-17-9-4-13(10-18(17)28-2)16-11-20(25)24-21-19(12-30-22(16)21)31(26,27)15-7-5-14(23)6-8-15/h4-10,12,16H,3,11H2,1-2H3,(H,24,25). The zero-order chi connectivity index (χ0) is 22.2. The maximum atomic E-state index is 13.2. The molecule has 1 aliphatic rings. The van der Waals surface area contributed by atoms with Crippen LogP contribution in [-0.4, -0.2) is 28.0 Å². The molecule has 1 N–H and O–H groups in total. The van der Waals surface area contributed by atoms with Gasteiger partial charge in [-0.1, -0.05) is 17.7 Å². The van der Waals surface area contributed by atoms with E-state index in [4.69, 9.17) is 21.1 Å². The van der Waals surface area contributed by atoms with Gasteiger partial charge in [-0.3, -0.25) is 4.79 Å². The summed E-state index contributed by atoms with van der Waals surface area (Å²) in [6.07, 6.45) is 0.213. The summed E-state index contributed by atoms with van der Waals surface area (Å²) >= 11 is 7.21. The van der Waals surface area contributed by atoms with Crippen LogP contribution in [-0.2, 0) is 14.6 Å². The van der Waals surface area contributed by atoms with Crippen molar-refractivity contribution in [2.24, 2.45) is 0 Å². The molecule has 0 fully saturated rings. The first-order valence-corrected chi connectivity index (χ1v) is 12.3. The van der Waals surface area contributed by atoms with Gasteiger partial charge >= 0.3 is 0 Å². The maximum Gasteiger partial charge on any atom is 0.225 e. The Morgan fingerprint density at radius 3 is 2.58 bits per heavy atom. The second kappa shape index (κ2) is 8.53. The maximum absolute atomic E-state index is 13.2. The van der Waals surface area contributed by atoms with Crippen molar-refractivity contribution in [1.82, 2.24) is 0 Å². The molecule has 162 valence electrons. The summed E-state index contributed by atoms with van der Waals surface area (Å²) in [5.41, 5.74) is 1.20. The number of thiophene rings is 1. The minimum absolute atomic E-state index is 0.0887. The Morgan fingerprint density at radius 1 is 1.16 bits per heavy atom. The largest absolute Gasteiger partial charge is 0.493 e. The number of carbonyl (C=O) groups excluding carboxylic acids is 1. The van der Waals surface area contributed by atoms with Crippen molar-refractivity contribution in [1.29, 1.82) is 0 Å². The topological polar surface area (TPSA) is 81.7 Å². The molecular formula is C22H20ClNO5S2. The van der Waals surface area contributed by atoms with E-state index in [1.807, 2.05) is 25.1 Å². The Hall–Kier alpha value is -2.55. The summed E-state index contributed by atoms with van der Waals surface area (Å²) in [4.78, 5) is 13.5. The average Bonchev–Trinajstić information content (AvgIpc) is 3.18. The lowest BCUT2D eigenvalue weighted by Crippen LogP contribution is -2.23. The third kappa shape index (κ3) is 4.03. The minimum Gasteiger partial charge on any atom is -0.493 e. The third-order valence-electron chi connectivity index (χ3n) is 5.06. The highest BCUT2D eigenvalue weighted by atomic mass is 35.5. The van der Waals surface area contributed by atoms with Gasteiger partial charge < -0.3 is 14.8 Å². The molecule has 0 aliphatic carbocycles. The Labute approximate surface area is 189 Å². The van der Waals surface area contributed by atoms with Gasteiger partial charge in [0.05, 0.1) is 24.3 Å². The molecule has 1 atom stereocenters. The second-order valence-corrected chi connectivity index (χ2v) is 10.2. The smallest absolute Gasteiger partial charge is 0.225 e. The number of ether oxygens (including phenoxy) is 2. The number of sulfone groups is 1. The molecule has 1 aromatic heterocycles.